The van der Waals surface area contributed by atoms with E-state index in [9.17, 15) is 9.59 Å². The standard InChI is InChI=1S/C14H25N3O2/c15-12(8-10-4-2-1-3-5-10)14(19)16-9-13(18)17-11-6-7-11/h10-12H,1-9,15H2,(H,16,19)(H,17,18). The van der Waals surface area contributed by atoms with Gasteiger partial charge < -0.3 is 16.4 Å². The molecule has 19 heavy (non-hydrogen) atoms. The molecular formula is C14H25N3O2. The van der Waals surface area contributed by atoms with Crippen LogP contribution in [0.5, 0.6) is 0 Å². The molecule has 2 fully saturated rings. The molecule has 0 aromatic carbocycles. The molecule has 2 amide bonds. The first kappa shape index (κ1) is 14.3. The summed E-state index contributed by atoms with van der Waals surface area (Å²) in [5.74, 6) is 0.270. The maximum atomic E-state index is 11.8. The Morgan fingerprint density at radius 3 is 2.42 bits per heavy atom. The molecule has 5 nitrogen and oxygen atoms in total. The Balaban J connectivity index is 1.61. The number of carbonyl (C=O) groups excluding carboxylic acids is 2. The van der Waals surface area contributed by atoms with Gasteiger partial charge >= 0.3 is 0 Å². The monoisotopic (exact) mass is 267 g/mol. The van der Waals surface area contributed by atoms with Crippen molar-refractivity contribution >= 4 is 11.8 Å². The van der Waals surface area contributed by atoms with Crippen LogP contribution in [0.2, 0.25) is 0 Å². The van der Waals surface area contributed by atoms with Gasteiger partial charge in [-0.05, 0) is 25.2 Å². The molecule has 0 aromatic rings. The minimum absolute atomic E-state index is 0.0493. The Labute approximate surface area is 114 Å². The molecule has 0 aliphatic heterocycles. The van der Waals surface area contributed by atoms with Crippen LogP contribution in [0.15, 0.2) is 0 Å². The van der Waals surface area contributed by atoms with Crippen molar-refractivity contribution < 1.29 is 9.59 Å². The SMILES string of the molecule is NC(CC1CCCCC1)C(=O)NCC(=O)NC1CC1. The van der Waals surface area contributed by atoms with Crippen LogP contribution in [0.1, 0.15) is 51.4 Å². The summed E-state index contributed by atoms with van der Waals surface area (Å²) >= 11 is 0. The predicted molar refractivity (Wildman–Crippen MR) is 73.3 cm³/mol. The third-order valence-corrected chi connectivity index (χ3v) is 4.01. The second-order valence-electron chi connectivity index (χ2n) is 5.91. The highest BCUT2D eigenvalue weighted by Gasteiger charge is 2.24. The predicted octanol–water partition coefficient (Wildman–Crippen LogP) is 0.679. The summed E-state index contributed by atoms with van der Waals surface area (Å²) in [5.41, 5.74) is 5.90. The van der Waals surface area contributed by atoms with E-state index in [1.807, 2.05) is 0 Å². The molecule has 108 valence electrons. The molecule has 0 bridgehead atoms. The van der Waals surface area contributed by atoms with Gasteiger partial charge in [0, 0.05) is 6.04 Å². The van der Waals surface area contributed by atoms with Crippen molar-refractivity contribution in [2.45, 2.75) is 63.5 Å². The van der Waals surface area contributed by atoms with Crippen LogP contribution in [-0.2, 0) is 9.59 Å². The van der Waals surface area contributed by atoms with Gasteiger partial charge in [-0.2, -0.15) is 0 Å². The van der Waals surface area contributed by atoms with Crippen molar-refractivity contribution in [1.82, 2.24) is 10.6 Å². The molecule has 1 unspecified atom stereocenters. The summed E-state index contributed by atoms with van der Waals surface area (Å²) < 4.78 is 0. The van der Waals surface area contributed by atoms with Crippen LogP contribution in [-0.4, -0.2) is 30.4 Å². The summed E-state index contributed by atoms with van der Waals surface area (Å²) in [5, 5.41) is 5.46. The Morgan fingerprint density at radius 2 is 1.79 bits per heavy atom. The summed E-state index contributed by atoms with van der Waals surface area (Å²) in [4.78, 5) is 23.3. The number of nitrogens with one attached hydrogen (secondary N) is 2. The smallest absolute Gasteiger partial charge is 0.239 e. The number of nitrogens with two attached hydrogens (primary N) is 1. The summed E-state index contributed by atoms with van der Waals surface area (Å²) in [7, 11) is 0. The van der Waals surface area contributed by atoms with E-state index in [4.69, 9.17) is 5.73 Å². The molecule has 0 radical (unpaired) electrons. The van der Waals surface area contributed by atoms with Gasteiger partial charge in [-0.25, -0.2) is 0 Å². The average Bonchev–Trinajstić information content (AvgIpc) is 3.21. The van der Waals surface area contributed by atoms with Gasteiger partial charge in [-0.15, -0.1) is 0 Å². The van der Waals surface area contributed by atoms with Crippen molar-refractivity contribution in [3.05, 3.63) is 0 Å². The molecule has 0 saturated heterocycles. The van der Waals surface area contributed by atoms with Crippen LogP contribution < -0.4 is 16.4 Å². The second kappa shape index (κ2) is 6.89. The molecule has 1 atom stereocenters. The molecule has 4 N–H and O–H groups in total. The van der Waals surface area contributed by atoms with Gasteiger partial charge in [0.1, 0.15) is 0 Å². The summed E-state index contributed by atoms with van der Waals surface area (Å²) in [6.07, 6.45) is 9.04. The second-order valence-corrected chi connectivity index (χ2v) is 5.91. The highest BCUT2D eigenvalue weighted by molar-refractivity contribution is 5.87. The van der Waals surface area contributed by atoms with Crippen LogP contribution in [0.3, 0.4) is 0 Å². The Morgan fingerprint density at radius 1 is 1.11 bits per heavy atom. The molecule has 5 heteroatoms. The molecule has 0 aromatic heterocycles. The molecule has 0 heterocycles. The third-order valence-electron chi connectivity index (χ3n) is 4.01. The maximum Gasteiger partial charge on any atom is 0.239 e. The minimum atomic E-state index is -0.475. The van der Waals surface area contributed by atoms with Crippen LogP contribution in [0.25, 0.3) is 0 Å². The zero-order chi connectivity index (χ0) is 13.7. The third kappa shape index (κ3) is 5.19. The zero-order valence-corrected chi connectivity index (χ0v) is 11.5. The first-order chi connectivity index (χ1) is 9.15. The highest BCUT2D eigenvalue weighted by Crippen LogP contribution is 2.26. The number of carbonyl (C=O) groups is 2. The summed E-state index contributed by atoms with van der Waals surface area (Å²) in [6, 6.07) is -0.142. The van der Waals surface area contributed by atoms with Gasteiger partial charge in [-0.3, -0.25) is 9.59 Å². The van der Waals surface area contributed by atoms with Crippen molar-refractivity contribution in [3.8, 4) is 0 Å². The number of hydrogen-bond acceptors (Lipinski definition) is 3. The van der Waals surface area contributed by atoms with Crippen molar-refractivity contribution in [3.63, 3.8) is 0 Å². The Bertz CT molecular complexity index is 323. The lowest BCUT2D eigenvalue weighted by atomic mass is 9.85. The van der Waals surface area contributed by atoms with Gasteiger partial charge in [0.2, 0.25) is 11.8 Å². The summed E-state index contributed by atoms with van der Waals surface area (Å²) in [6.45, 7) is 0.0493. The number of hydrogen-bond donors (Lipinski definition) is 3. The first-order valence-electron chi connectivity index (χ1n) is 7.48. The fourth-order valence-corrected chi connectivity index (χ4v) is 2.69. The molecule has 2 aliphatic carbocycles. The lowest BCUT2D eigenvalue weighted by molar-refractivity contribution is -0.127. The highest BCUT2D eigenvalue weighted by atomic mass is 16.2. The van der Waals surface area contributed by atoms with E-state index in [1.54, 1.807) is 0 Å². The Hall–Kier alpha value is -1.10. The largest absolute Gasteiger partial charge is 0.352 e. The van der Waals surface area contributed by atoms with Crippen molar-refractivity contribution in [1.29, 1.82) is 0 Å². The topological polar surface area (TPSA) is 84.2 Å². The van der Waals surface area contributed by atoms with Crippen LogP contribution >= 0.6 is 0 Å². The van der Waals surface area contributed by atoms with Crippen LogP contribution in [0.4, 0.5) is 0 Å². The fraction of sp³-hybridized carbons (Fsp3) is 0.857. The first-order valence-corrected chi connectivity index (χ1v) is 7.48. The van der Waals surface area contributed by atoms with Crippen LogP contribution in [0, 0.1) is 5.92 Å². The zero-order valence-electron chi connectivity index (χ0n) is 11.5. The number of amides is 2. The van der Waals surface area contributed by atoms with E-state index >= 15 is 0 Å². The van der Waals surface area contributed by atoms with E-state index < -0.39 is 6.04 Å². The normalized spacial score (nSPS) is 21.7. The van der Waals surface area contributed by atoms with Gasteiger partial charge in [-0.1, -0.05) is 32.1 Å². The quantitative estimate of drug-likeness (QED) is 0.661. The van der Waals surface area contributed by atoms with E-state index in [1.165, 1.54) is 32.1 Å². The Kier molecular flexibility index (Phi) is 5.19. The molecule has 2 rings (SSSR count). The van der Waals surface area contributed by atoms with Gasteiger partial charge in [0.05, 0.1) is 12.6 Å². The van der Waals surface area contributed by atoms with Crippen molar-refractivity contribution in [2.24, 2.45) is 11.7 Å². The molecular weight excluding hydrogens is 242 g/mol. The minimum Gasteiger partial charge on any atom is -0.352 e. The molecule has 0 spiro atoms. The van der Waals surface area contributed by atoms with Gasteiger partial charge in [0.15, 0.2) is 0 Å². The van der Waals surface area contributed by atoms with Gasteiger partial charge in [0.25, 0.3) is 0 Å². The van der Waals surface area contributed by atoms with Crippen molar-refractivity contribution in [2.75, 3.05) is 6.54 Å². The average molecular weight is 267 g/mol. The molecule has 2 aliphatic rings. The molecule has 2 saturated carbocycles. The van der Waals surface area contributed by atoms with E-state index in [0.717, 1.165) is 19.3 Å². The lowest BCUT2D eigenvalue weighted by Gasteiger charge is -2.24. The maximum absolute atomic E-state index is 11.8. The fourth-order valence-electron chi connectivity index (χ4n) is 2.69. The van der Waals surface area contributed by atoms with E-state index in [2.05, 4.69) is 10.6 Å². The lowest BCUT2D eigenvalue weighted by Crippen LogP contribution is -2.46. The van der Waals surface area contributed by atoms with E-state index in [-0.39, 0.29) is 18.4 Å². The number of rotatable bonds is 6. The van der Waals surface area contributed by atoms with E-state index in [0.29, 0.717) is 12.0 Å².